The van der Waals surface area contributed by atoms with Gasteiger partial charge in [0.1, 0.15) is 0 Å². The maximum atomic E-state index is 13.3. The van der Waals surface area contributed by atoms with Gasteiger partial charge in [-0.1, -0.05) is 20.8 Å². The third-order valence-electron chi connectivity index (χ3n) is 2.52. The van der Waals surface area contributed by atoms with E-state index < -0.39 is 5.95 Å². The lowest BCUT2D eigenvalue weighted by Gasteiger charge is -2.21. The van der Waals surface area contributed by atoms with E-state index in [9.17, 15) is 4.39 Å². The Balaban J connectivity index is 2.55. The molecule has 0 unspecified atom stereocenters. The van der Waals surface area contributed by atoms with Crippen molar-refractivity contribution in [2.45, 2.75) is 44.9 Å². The van der Waals surface area contributed by atoms with Gasteiger partial charge in [0.05, 0.1) is 11.4 Å². The summed E-state index contributed by atoms with van der Waals surface area (Å²) in [4.78, 5) is 8.31. The second kappa shape index (κ2) is 3.51. The van der Waals surface area contributed by atoms with E-state index in [2.05, 4.69) is 46.7 Å². The molecule has 2 nitrogen and oxygen atoms in total. The molecule has 2 rings (SSSR count). The van der Waals surface area contributed by atoms with Gasteiger partial charge in [-0.2, -0.15) is 4.39 Å². The van der Waals surface area contributed by atoms with Crippen LogP contribution in [0.15, 0.2) is 4.60 Å². The normalized spacial score (nSPS) is 16.9. The van der Waals surface area contributed by atoms with Gasteiger partial charge in [0, 0.05) is 11.3 Å². The topological polar surface area (TPSA) is 25.8 Å². The zero-order chi connectivity index (χ0) is 11.2. The van der Waals surface area contributed by atoms with Gasteiger partial charge in [0.2, 0.25) is 5.95 Å². The molecule has 0 saturated heterocycles. The summed E-state index contributed by atoms with van der Waals surface area (Å²) < 4.78 is 13.5. The second-order valence-corrected chi connectivity index (χ2v) is 5.81. The maximum Gasteiger partial charge on any atom is 0.246 e. The van der Waals surface area contributed by atoms with Crippen LogP contribution in [0.5, 0.6) is 0 Å². The first kappa shape index (κ1) is 11.0. The molecular weight excluding hydrogens is 259 g/mol. The van der Waals surface area contributed by atoms with Gasteiger partial charge in [-0.15, -0.1) is 0 Å². The van der Waals surface area contributed by atoms with Crippen molar-refractivity contribution in [1.82, 2.24) is 9.97 Å². The first-order valence-electron chi connectivity index (χ1n) is 5.13. The van der Waals surface area contributed by atoms with Crippen LogP contribution in [-0.4, -0.2) is 9.97 Å². The molecule has 82 valence electrons. The summed E-state index contributed by atoms with van der Waals surface area (Å²) in [5.41, 5.74) is 1.68. The average Bonchev–Trinajstić information content (AvgIpc) is 2.89. The molecule has 0 radical (unpaired) electrons. The highest BCUT2D eigenvalue weighted by Crippen LogP contribution is 2.43. The lowest BCUT2D eigenvalue weighted by atomic mass is 9.89. The standard InChI is InChI=1S/C11H14BrFN2/c1-11(2,3)8-7(6-4-5-6)14-10(13)9(12)15-8/h6H,4-5H2,1-3H3. The van der Waals surface area contributed by atoms with Gasteiger partial charge in [-0.3, -0.25) is 0 Å². The Morgan fingerprint density at radius 1 is 1.27 bits per heavy atom. The summed E-state index contributed by atoms with van der Waals surface area (Å²) in [6, 6.07) is 0. The molecule has 0 atom stereocenters. The van der Waals surface area contributed by atoms with Crippen LogP contribution in [0.4, 0.5) is 4.39 Å². The quantitative estimate of drug-likeness (QED) is 0.782. The van der Waals surface area contributed by atoms with Crippen molar-refractivity contribution >= 4 is 15.9 Å². The van der Waals surface area contributed by atoms with Crippen LogP contribution in [0.3, 0.4) is 0 Å². The zero-order valence-corrected chi connectivity index (χ0v) is 10.7. The fourth-order valence-electron chi connectivity index (χ4n) is 1.60. The van der Waals surface area contributed by atoms with E-state index in [0.717, 1.165) is 24.2 Å². The monoisotopic (exact) mass is 272 g/mol. The zero-order valence-electron chi connectivity index (χ0n) is 9.14. The van der Waals surface area contributed by atoms with Crippen molar-refractivity contribution in [2.24, 2.45) is 0 Å². The summed E-state index contributed by atoms with van der Waals surface area (Å²) >= 11 is 3.09. The number of halogens is 2. The predicted molar refractivity (Wildman–Crippen MR) is 60.4 cm³/mol. The van der Waals surface area contributed by atoms with Crippen molar-refractivity contribution in [3.05, 3.63) is 21.9 Å². The van der Waals surface area contributed by atoms with Crippen LogP contribution < -0.4 is 0 Å². The molecule has 1 fully saturated rings. The SMILES string of the molecule is CC(C)(C)c1nc(Br)c(F)nc1C1CC1. The van der Waals surface area contributed by atoms with Crippen LogP contribution >= 0.6 is 15.9 Å². The molecule has 1 aliphatic rings. The van der Waals surface area contributed by atoms with Crippen molar-refractivity contribution in [1.29, 1.82) is 0 Å². The third kappa shape index (κ3) is 2.19. The molecule has 0 bridgehead atoms. The summed E-state index contributed by atoms with van der Waals surface area (Å²) in [6.45, 7) is 6.23. The highest BCUT2D eigenvalue weighted by Gasteiger charge is 2.33. The minimum absolute atomic E-state index is 0.0822. The number of hydrogen-bond acceptors (Lipinski definition) is 2. The average molecular weight is 273 g/mol. The van der Waals surface area contributed by atoms with Crippen molar-refractivity contribution in [3.63, 3.8) is 0 Å². The summed E-state index contributed by atoms with van der Waals surface area (Å²) in [5, 5.41) is 0. The van der Waals surface area contributed by atoms with E-state index in [1.54, 1.807) is 0 Å². The maximum absolute atomic E-state index is 13.3. The van der Waals surface area contributed by atoms with Crippen LogP contribution in [-0.2, 0) is 5.41 Å². The lowest BCUT2D eigenvalue weighted by molar-refractivity contribution is 0.515. The predicted octanol–water partition coefficient (Wildman–Crippen LogP) is 3.55. The van der Waals surface area contributed by atoms with Gasteiger partial charge in [0.25, 0.3) is 0 Å². The molecule has 1 saturated carbocycles. The molecule has 0 amide bonds. The number of nitrogens with zero attached hydrogens (tertiary/aromatic N) is 2. The van der Waals surface area contributed by atoms with E-state index in [1.807, 2.05) is 0 Å². The molecule has 1 aromatic rings. The fraction of sp³-hybridized carbons (Fsp3) is 0.636. The summed E-state index contributed by atoms with van der Waals surface area (Å²) in [5.74, 6) is -0.0702. The van der Waals surface area contributed by atoms with Crippen molar-refractivity contribution in [3.8, 4) is 0 Å². The number of rotatable bonds is 1. The van der Waals surface area contributed by atoms with E-state index >= 15 is 0 Å². The first-order chi connectivity index (χ1) is 6.89. The van der Waals surface area contributed by atoms with E-state index in [0.29, 0.717) is 5.92 Å². The second-order valence-electron chi connectivity index (χ2n) is 5.06. The van der Waals surface area contributed by atoms with Crippen molar-refractivity contribution in [2.75, 3.05) is 0 Å². The summed E-state index contributed by atoms with van der Waals surface area (Å²) in [7, 11) is 0. The van der Waals surface area contributed by atoms with Gasteiger partial charge >= 0.3 is 0 Å². The van der Waals surface area contributed by atoms with Crippen LogP contribution in [0.1, 0.15) is 50.9 Å². The first-order valence-corrected chi connectivity index (χ1v) is 5.92. The molecular formula is C11H14BrFN2. The van der Waals surface area contributed by atoms with E-state index in [4.69, 9.17) is 0 Å². The Kier molecular flexibility index (Phi) is 2.57. The van der Waals surface area contributed by atoms with Gasteiger partial charge in [0.15, 0.2) is 4.60 Å². The lowest BCUT2D eigenvalue weighted by Crippen LogP contribution is -2.18. The largest absolute Gasteiger partial charge is 0.246 e. The molecule has 1 aliphatic carbocycles. The number of hydrogen-bond donors (Lipinski definition) is 0. The Morgan fingerprint density at radius 2 is 1.87 bits per heavy atom. The summed E-state index contributed by atoms with van der Waals surface area (Å²) in [6.07, 6.45) is 2.22. The smallest absolute Gasteiger partial charge is 0.239 e. The van der Waals surface area contributed by atoms with Gasteiger partial charge in [-0.05, 0) is 28.8 Å². The van der Waals surface area contributed by atoms with Gasteiger partial charge in [-0.25, -0.2) is 9.97 Å². The molecule has 0 spiro atoms. The Morgan fingerprint density at radius 3 is 2.33 bits per heavy atom. The highest BCUT2D eigenvalue weighted by atomic mass is 79.9. The molecule has 15 heavy (non-hydrogen) atoms. The van der Waals surface area contributed by atoms with Crippen LogP contribution in [0.2, 0.25) is 0 Å². The van der Waals surface area contributed by atoms with E-state index in [1.165, 1.54) is 0 Å². The fourth-order valence-corrected chi connectivity index (χ4v) is 1.87. The Hall–Kier alpha value is -0.510. The Bertz CT molecular complexity index is 394. The minimum atomic E-state index is -0.495. The third-order valence-corrected chi connectivity index (χ3v) is 3.02. The van der Waals surface area contributed by atoms with Crippen LogP contribution in [0.25, 0.3) is 0 Å². The van der Waals surface area contributed by atoms with Gasteiger partial charge < -0.3 is 0 Å². The van der Waals surface area contributed by atoms with Crippen LogP contribution in [0, 0.1) is 5.95 Å². The van der Waals surface area contributed by atoms with Crippen molar-refractivity contribution < 1.29 is 4.39 Å². The number of aromatic nitrogens is 2. The molecule has 0 aromatic carbocycles. The van der Waals surface area contributed by atoms with E-state index in [-0.39, 0.29) is 10.0 Å². The highest BCUT2D eigenvalue weighted by molar-refractivity contribution is 9.10. The molecule has 1 heterocycles. The molecule has 4 heteroatoms. The minimum Gasteiger partial charge on any atom is -0.239 e. The molecule has 0 aliphatic heterocycles. The Labute approximate surface area is 97.5 Å². The molecule has 1 aromatic heterocycles. The molecule has 0 N–H and O–H groups in total.